The second-order valence-corrected chi connectivity index (χ2v) is 6.86. The van der Waals surface area contributed by atoms with Crippen LogP contribution in [0.4, 0.5) is 5.69 Å². The highest BCUT2D eigenvalue weighted by molar-refractivity contribution is 5.81. The molecular weight excluding hydrogens is 324 g/mol. The summed E-state index contributed by atoms with van der Waals surface area (Å²) in [6, 6.07) is 16.4. The lowest BCUT2D eigenvalue weighted by Gasteiger charge is -2.37. The largest absolute Gasteiger partial charge is 0.480 e. The Morgan fingerprint density at radius 2 is 1.69 bits per heavy atom. The summed E-state index contributed by atoms with van der Waals surface area (Å²) in [5.41, 5.74) is 3.51. The molecule has 4 nitrogen and oxygen atoms in total. The van der Waals surface area contributed by atoms with Gasteiger partial charge in [-0.15, -0.1) is 0 Å². The number of hydrogen-bond acceptors (Lipinski definition) is 3. The van der Waals surface area contributed by atoms with Gasteiger partial charge in [0.05, 0.1) is 0 Å². The van der Waals surface area contributed by atoms with Gasteiger partial charge in [-0.1, -0.05) is 37.3 Å². The summed E-state index contributed by atoms with van der Waals surface area (Å²) in [6.45, 7) is 9.30. The summed E-state index contributed by atoms with van der Waals surface area (Å²) in [7, 11) is 0. The predicted octanol–water partition coefficient (Wildman–Crippen LogP) is 3.81. The summed E-state index contributed by atoms with van der Waals surface area (Å²) in [6.07, 6.45) is 0.254. The Bertz CT molecular complexity index is 737. The van der Waals surface area contributed by atoms with E-state index in [2.05, 4.69) is 42.2 Å². The third kappa shape index (κ3) is 4.01. The first-order chi connectivity index (χ1) is 12.6. The summed E-state index contributed by atoms with van der Waals surface area (Å²) < 4.78 is 6.10. The molecular formula is C22H28N2O2. The van der Waals surface area contributed by atoms with Crippen LogP contribution >= 0.6 is 0 Å². The minimum Gasteiger partial charge on any atom is -0.480 e. The number of hydrogen-bond donors (Lipinski definition) is 0. The van der Waals surface area contributed by atoms with Gasteiger partial charge in [-0.05, 0) is 49.6 Å². The first kappa shape index (κ1) is 18.3. The molecule has 0 bridgehead atoms. The third-order valence-corrected chi connectivity index (χ3v) is 5.18. The van der Waals surface area contributed by atoms with E-state index in [0.29, 0.717) is 6.42 Å². The molecule has 3 rings (SSSR count). The van der Waals surface area contributed by atoms with E-state index in [4.69, 9.17) is 4.74 Å². The molecule has 0 aromatic heterocycles. The highest BCUT2D eigenvalue weighted by atomic mass is 16.5. The topological polar surface area (TPSA) is 32.8 Å². The van der Waals surface area contributed by atoms with E-state index in [1.165, 1.54) is 11.3 Å². The van der Waals surface area contributed by atoms with Gasteiger partial charge >= 0.3 is 0 Å². The zero-order valence-electron chi connectivity index (χ0n) is 15.9. The molecule has 1 heterocycles. The van der Waals surface area contributed by atoms with Crippen molar-refractivity contribution in [3.8, 4) is 5.75 Å². The average Bonchev–Trinajstić information content (AvgIpc) is 2.69. The highest BCUT2D eigenvalue weighted by Gasteiger charge is 2.28. The van der Waals surface area contributed by atoms with Gasteiger partial charge in [0, 0.05) is 31.9 Å². The maximum Gasteiger partial charge on any atom is 0.263 e. The average molecular weight is 352 g/mol. The molecule has 0 saturated carbocycles. The van der Waals surface area contributed by atoms with Gasteiger partial charge in [0.15, 0.2) is 6.10 Å². The Kier molecular flexibility index (Phi) is 5.82. The van der Waals surface area contributed by atoms with Crippen molar-refractivity contribution in [2.75, 3.05) is 31.1 Å². The fraction of sp³-hybridized carbons (Fsp3) is 0.409. The van der Waals surface area contributed by atoms with Crippen LogP contribution in [-0.2, 0) is 4.79 Å². The molecule has 0 radical (unpaired) electrons. The Balaban J connectivity index is 1.62. The number of para-hydroxylation sites is 1. The second-order valence-electron chi connectivity index (χ2n) is 6.86. The van der Waals surface area contributed by atoms with Crippen molar-refractivity contribution in [1.29, 1.82) is 0 Å². The van der Waals surface area contributed by atoms with Crippen LogP contribution < -0.4 is 9.64 Å². The summed E-state index contributed by atoms with van der Waals surface area (Å²) in [4.78, 5) is 17.2. The van der Waals surface area contributed by atoms with Crippen molar-refractivity contribution in [3.63, 3.8) is 0 Å². The highest BCUT2D eigenvalue weighted by Crippen LogP contribution is 2.23. The fourth-order valence-electron chi connectivity index (χ4n) is 3.34. The summed E-state index contributed by atoms with van der Waals surface area (Å²) in [5.74, 6) is 0.911. The molecule has 1 fully saturated rings. The molecule has 1 aliphatic heterocycles. The zero-order valence-corrected chi connectivity index (χ0v) is 15.9. The Labute approximate surface area is 156 Å². The fourth-order valence-corrected chi connectivity index (χ4v) is 3.34. The maximum absolute atomic E-state index is 13.0. The molecule has 1 saturated heterocycles. The quantitative estimate of drug-likeness (QED) is 0.820. The molecule has 138 valence electrons. The number of piperazine rings is 1. The van der Waals surface area contributed by atoms with E-state index in [1.54, 1.807) is 0 Å². The van der Waals surface area contributed by atoms with Gasteiger partial charge in [0.25, 0.3) is 5.91 Å². The van der Waals surface area contributed by atoms with Crippen LogP contribution in [0.3, 0.4) is 0 Å². The van der Waals surface area contributed by atoms with Gasteiger partial charge in [0.1, 0.15) is 5.75 Å². The predicted molar refractivity (Wildman–Crippen MR) is 106 cm³/mol. The molecule has 0 unspecified atom stereocenters. The zero-order chi connectivity index (χ0) is 18.5. The van der Waals surface area contributed by atoms with Crippen molar-refractivity contribution >= 4 is 11.6 Å². The number of rotatable bonds is 5. The summed E-state index contributed by atoms with van der Waals surface area (Å²) in [5, 5.41) is 0. The molecule has 4 heteroatoms. The molecule has 2 aromatic carbocycles. The standard InChI is InChI=1S/C22H28N2O2/c1-4-20(26-21-12-8-9-17(2)18(21)3)22(25)24-15-13-23(14-16-24)19-10-6-5-7-11-19/h5-12,20H,4,13-16H2,1-3H3/t20-/m0/s1. The van der Waals surface area contributed by atoms with Crippen molar-refractivity contribution in [2.24, 2.45) is 0 Å². The van der Waals surface area contributed by atoms with Gasteiger partial charge in [-0.25, -0.2) is 0 Å². The van der Waals surface area contributed by atoms with E-state index in [-0.39, 0.29) is 5.91 Å². The number of anilines is 1. The first-order valence-electron chi connectivity index (χ1n) is 9.41. The SMILES string of the molecule is CC[C@H](Oc1cccc(C)c1C)C(=O)N1CCN(c2ccccc2)CC1. The van der Waals surface area contributed by atoms with E-state index in [1.807, 2.05) is 36.9 Å². The normalized spacial score (nSPS) is 15.7. The van der Waals surface area contributed by atoms with Crippen LogP contribution in [0.1, 0.15) is 24.5 Å². The van der Waals surface area contributed by atoms with Crippen molar-refractivity contribution in [3.05, 3.63) is 59.7 Å². The number of carbonyl (C=O) groups is 1. The van der Waals surface area contributed by atoms with E-state index in [0.717, 1.165) is 37.5 Å². The van der Waals surface area contributed by atoms with Crippen LogP contribution in [-0.4, -0.2) is 43.1 Å². The lowest BCUT2D eigenvalue weighted by Crippen LogP contribution is -2.52. The van der Waals surface area contributed by atoms with Crippen molar-refractivity contribution in [2.45, 2.75) is 33.3 Å². The van der Waals surface area contributed by atoms with Gasteiger partial charge in [0.2, 0.25) is 0 Å². The van der Waals surface area contributed by atoms with Crippen molar-refractivity contribution in [1.82, 2.24) is 4.90 Å². The molecule has 1 atom stereocenters. The molecule has 26 heavy (non-hydrogen) atoms. The monoisotopic (exact) mass is 352 g/mol. The maximum atomic E-state index is 13.0. The van der Waals surface area contributed by atoms with Gasteiger partial charge < -0.3 is 14.5 Å². The second kappa shape index (κ2) is 8.26. The Hall–Kier alpha value is -2.49. The molecule has 0 aliphatic carbocycles. The van der Waals surface area contributed by atoms with Crippen LogP contribution in [0.5, 0.6) is 5.75 Å². The van der Waals surface area contributed by atoms with Gasteiger partial charge in [-0.2, -0.15) is 0 Å². The van der Waals surface area contributed by atoms with E-state index in [9.17, 15) is 4.79 Å². The number of aryl methyl sites for hydroxylation is 1. The third-order valence-electron chi connectivity index (χ3n) is 5.18. The molecule has 1 amide bonds. The van der Waals surface area contributed by atoms with Crippen LogP contribution in [0.15, 0.2) is 48.5 Å². The Morgan fingerprint density at radius 1 is 1.00 bits per heavy atom. The number of benzene rings is 2. The van der Waals surface area contributed by atoms with Crippen LogP contribution in [0.2, 0.25) is 0 Å². The first-order valence-corrected chi connectivity index (χ1v) is 9.41. The van der Waals surface area contributed by atoms with Crippen LogP contribution in [0, 0.1) is 13.8 Å². The van der Waals surface area contributed by atoms with Crippen LogP contribution in [0.25, 0.3) is 0 Å². The number of ether oxygens (including phenoxy) is 1. The Morgan fingerprint density at radius 3 is 2.35 bits per heavy atom. The van der Waals surface area contributed by atoms with E-state index < -0.39 is 6.10 Å². The number of amides is 1. The minimum atomic E-state index is -0.418. The lowest BCUT2D eigenvalue weighted by molar-refractivity contribution is -0.139. The molecule has 0 spiro atoms. The smallest absolute Gasteiger partial charge is 0.263 e. The minimum absolute atomic E-state index is 0.0983. The summed E-state index contributed by atoms with van der Waals surface area (Å²) >= 11 is 0. The van der Waals surface area contributed by atoms with Gasteiger partial charge in [-0.3, -0.25) is 4.79 Å². The molecule has 2 aromatic rings. The lowest BCUT2D eigenvalue weighted by atomic mass is 10.1. The van der Waals surface area contributed by atoms with Crippen molar-refractivity contribution < 1.29 is 9.53 Å². The number of carbonyl (C=O) groups excluding carboxylic acids is 1. The number of nitrogens with zero attached hydrogens (tertiary/aromatic N) is 2. The van der Waals surface area contributed by atoms with E-state index >= 15 is 0 Å². The molecule has 0 N–H and O–H groups in total. The molecule has 1 aliphatic rings.